The number of nitrogens with zero attached hydrogens (tertiary/aromatic N) is 4. The molecule has 1 aromatic carbocycles. The number of carboxylic acids is 2. The number of hydrogen-bond donors (Lipinski definition) is 2. The second kappa shape index (κ2) is 8.16. The zero-order chi connectivity index (χ0) is 22.3. The molecule has 1 aliphatic heterocycles. The van der Waals surface area contributed by atoms with Crippen LogP contribution in [0.1, 0.15) is 39.1 Å². The number of aromatic carboxylic acids is 1. The fourth-order valence-corrected chi connectivity index (χ4v) is 4.55. The van der Waals surface area contributed by atoms with E-state index in [-0.39, 0.29) is 5.69 Å². The van der Waals surface area contributed by atoms with Crippen molar-refractivity contribution in [2.75, 3.05) is 26.2 Å². The minimum Gasteiger partial charge on any atom is -0.480 e. The molecule has 0 spiro atoms. The van der Waals surface area contributed by atoms with Gasteiger partial charge < -0.3 is 19.3 Å². The molecular formula is C22H26N4O5. The molecule has 1 aliphatic rings. The summed E-state index contributed by atoms with van der Waals surface area (Å²) >= 11 is 0. The topological polar surface area (TPSA) is 112 Å². The van der Waals surface area contributed by atoms with Crippen molar-refractivity contribution in [3.8, 4) is 0 Å². The van der Waals surface area contributed by atoms with Crippen molar-refractivity contribution in [3.05, 3.63) is 52.5 Å². The second-order valence-corrected chi connectivity index (χ2v) is 8.00. The first-order valence-electron chi connectivity index (χ1n) is 10.2. The van der Waals surface area contributed by atoms with Crippen molar-refractivity contribution in [1.82, 2.24) is 19.5 Å². The van der Waals surface area contributed by atoms with Gasteiger partial charge in [-0.3, -0.25) is 14.6 Å². The molecule has 1 fully saturated rings. The molecule has 0 radical (unpaired) electrons. The number of rotatable bonds is 6. The van der Waals surface area contributed by atoms with Crippen molar-refractivity contribution >= 4 is 22.8 Å². The first-order chi connectivity index (χ1) is 14.8. The van der Waals surface area contributed by atoms with E-state index in [0.717, 1.165) is 17.0 Å². The third-order valence-corrected chi connectivity index (χ3v) is 6.19. The van der Waals surface area contributed by atoms with Crippen LogP contribution in [0.25, 0.3) is 10.9 Å². The van der Waals surface area contributed by atoms with Crippen LogP contribution in [0.3, 0.4) is 0 Å². The zero-order valence-corrected chi connectivity index (χ0v) is 17.8. The van der Waals surface area contributed by atoms with E-state index < -0.39 is 18.0 Å². The van der Waals surface area contributed by atoms with Crippen LogP contribution in [-0.2, 0) is 18.4 Å². The van der Waals surface area contributed by atoms with Crippen LogP contribution >= 0.6 is 0 Å². The van der Waals surface area contributed by atoms with Crippen molar-refractivity contribution in [2.45, 2.75) is 26.4 Å². The number of aliphatic carboxylic acids is 1. The molecule has 1 unspecified atom stereocenters. The van der Waals surface area contributed by atoms with E-state index in [1.165, 1.54) is 0 Å². The molecule has 1 atom stereocenters. The molecule has 0 aliphatic carbocycles. The highest BCUT2D eigenvalue weighted by atomic mass is 16.5. The second-order valence-electron chi connectivity index (χ2n) is 8.00. The lowest BCUT2D eigenvalue weighted by Gasteiger charge is -2.37. The van der Waals surface area contributed by atoms with E-state index in [4.69, 9.17) is 4.52 Å². The average molecular weight is 426 g/mol. The van der Waals surface area contributed by atoms with Crippen LogP contribution in [0.5, 0.6) is 0 Å². The Bertz CT molecular complexity index is 1120. The molecule has 0 bridgehead atoms. The summed E-state index contributed by atoms with van der Waals surface area (Å²) in [5, 5.41) is 24.6. The largest absolute Gasteiger partial charge is 0.480 e. The summed E-state index contributed by atoms with van der Waals surface area (Å²) in [6.07, 6.45) is 0. The summed E-state index contributed by atoms with van der Waals surface area (Å²) < 4.78 is 6.81. The van der Waals surface area contributed by atoms with E-state index in [1.54, 1.807) is 23.7 Å². The fraction of sp³-hybridized carbons (Fsp3) is 0.409. The summed E-state index contributed by atoms with van der Waals surface area (Å²) in [5.41, 5.74) is 3.00. The number of fused-ring (bicyclic) bond motifs is 1. The molecule has 164 valence electrons. The van der Waals surface area contributed by atoms with Gasteiger partial charge in [0.15, 0.2) is 0 Å². The number of benzene rings is 1. The highest BCUT2D eigenvalue weighted by Crippen LogP contribution is 2.34. The van der Waals surface area contributed by atoms with Gasteiger partial charge in [0.1, 0.15) is 17.5 Å². The van der Waals surface area contributed by atoms with Crippen LogP contribution in [0.15, 0.2) is 28.8 Å². The highest BCUT2D eigenvalue weighted by Gasteiger charge is 2.36. The molecule has 3 heterocycles. The van der Waals surface area contributed by atoms with Gasteiger partial charge in [-0.1, -0.05) is 23.4 Å². The molecule has 9 heteroatoms. The predicted molar refractivity (Wildman–Crippen MR) is 113 cm³/mol. The van der Waals surface area contributed by atoms with Gasteiger partial charge in [-0.15, -0.1) is 0 Å². The lowest BCUT2D eigenvalue weighted by molar-refractivity contribution is -0.144. The van der Waals surface area contributed by atoms with Crippen LogP contribution in [0.4, 0.5) is 0 Å². The Labute approximate surface area is 179 Å². The minimum absolute atomic E-state index is 0.0201. The third kappa shape index (κ3) is 3.70. The average Bonchev–Trinajstić information content (AvgIpc) is 3.21. The Balaban J connectivity index is 1.62. The van der Waals surface area contributed by atoms with E-state index in [2.05, 4.69) is 10.1 Å². The van der Waals surface area contributed by atoms with Crippen molar-refractivity contribution in [3.63, 3.8) is 0 Å². The molecule has 3 aromatic rings. The minimum atomic E-state index is -1.13. The van der Waals surface area contributed by atoms with Crippen molar-refractivity contribution in [1.29, 1.82) is 0 Å². The zero-order valence-electron chi connectivity index (χ0n) is 17.8. The normalized spacial score (nSPS) is 16.6. The van der Waals surface area contributed by atoms with Gasteiger partial charge in [0.2, 0.25) is 0 Å². The summed E-state index contributed by atoms with van der Waals surface area (Å²) in [6.45, 7) is 6.87. The Morgan fingerprint density at radius 2 is 1.81 bits per heavy atom. The van der Waals surface area contributed by atoms with Crippen LogP contribution in [0, 0.1) is 13.8 Å². The smallest absolute Gasteiger partial charge is 0.352 e. The molecule has 4 rings (SSSR count). The number of carboxylic acid groups (broad SMARTS) is 2. The van der Waals surface area contributed by atoms with Gasteiger partial charge in [-0.2, -0.15) is 0 Å². The van der Waals surface area contributed by atoms with Crippen LogP contribution in [-0.4, -0.2) is 67.9 Å². The van der Waals surface area contributed by atoms with Gasteiger partial charge in [-0.25, -0.2) is 4.79 Å². The van der Waals surface area contributed by atoms with Gasteiger partial charge in [0, 0.05) is 61.8 Å². The molecular weight excluding hydrogens is 400 g/mol. The lowest BCUT2D eigenvalue weighted by Crippen LogP contribution is -2.49. The maximum Gasteiger partial charge on any atom is 0.352 e. The van der Waals surface area contributed by atoms with Crippen molar-refractivity contribution < 1.29 is 24.3 Å². The molecule has 9 nitrogen and oxygen atoms in total. The van der Waals surface area contributed by atoms with Gasteiger partial charge in [0.25, 0.3) is 0 Å². The Kier molecular flexibility index (Phi) is 5.55. The standard InChI is InChI=1S/C22H26N4O5/c1-13-16(14(2)31-23-13)12-25-8-10-26(11-9-25)20(22(29)30)18-15-6-4-5-7-17(15)24(3)19(18)21(27)28/h4-7,20H,8-12H2,1-3H3,(H,27,28)(H,29,30). The monoisotopic (exact) mass is 426 g/mol. The van der Waals surface area contributed by atoms with Crippen LogP contribution in [0.2, 0.25) is 0 Å². The van der Waals surface area contributed by atoms with Gasteiger partial charge >= 0.3 is 11.9 Å². The highest BCUT2D eigenvalue weighted by molar-refractivity contribution is 6.01. The fourth-order valence-electron chi connectivity index (χ4n) is 4.55. The molecule has 2 aromatic heterocycles. The maximum atomic E-state index is 12.4. The summed E-state index contributed by atoms with van der Waals surface area (Å²) in [4.78, 5) is 28.5. The van der Waals surface area contributed by atoms with Gasteiger partial charge in [-0.05, 0) is 19.9 Å². The Morgan fingerprint density at radius 1 is 1.13 bits per heavy atom. The summed E-state index contributed by atoms with van der Waals surface area (Å²) in [7, 11) is 1.66. The predicted octanol–water partition coefficient (Wildman–Crippen LogP) is 2.42. The third-order valence-electron chi connectivity index (χ3n) is 6.19. The maximum absolute atomic E-state index is 12.4. The molecule has 0 amide bonds. The number of aromatic nitrogens is 2. The first kappa shape index (κ1) is 21.1. The number of para-hydroxylation sites is 1. The number of carbonyl (C=O) groups is 2. The summed E-state index contributed by atoms with van der Waals surface area (Å²) in [6, 6.07) is 6.20. The van der Waals surface area contributed by atoms with E-state index in [0.29, 0.717) is 49.2 Å². The van der Waals surface area contributed by atoms with Gasteiger partial charge in [0.05, 0.1) is 5.69 Å². The van der Waals surface area contributed by atoms with E-state index in [1.807, 2.05) is 30.9 Å². The van der Waals surface area contributed by atoms with E-state index in [9.17, 15) is 19.8 Å². The Hall–Kier alpha value is -3.17. The van der Waals surface area contributed by atoms with Crippen LogP contribution < -0.4 is 0 Å². The quantitative estimate of drug-likeness (QED) is 0.618. The summed E-state index contributed by atoms with van der Waals surface area (Å²) in [5.74, 6) is -1.37. The Morgan fingerprint density at radius 3 is 2.39 bits per heavy atom. The molecule has 1 saturated heterocycles. The molecule has 31 heavy (non-hydrogen) atoms. The lowest BCUT2D eigenvalue weighted by atomic mass is 10.00. The number of piperazine rings is 1. The molecule has 0 saturated carbocycles. The van der Waals surface area contributed by atoms with E-state index >= 15 is 0 Å². The number of aryl methyl sites for hydroxylation is 3. The molecule has 2 N–H and O–H groups in total. The number of hydrogen-bond acceptors (Lipinski definition) is 6. The first-order valence-corrected chi connectivity index (χ1v) is 10.2. The van der Waals surface area contributed by atoms with Crippen molar-refractivity contribution in [2.24, 2.45) is 7.05 Å². The SMILES string of the molecule is Cc1noc(C)c1CN1CCN(C(C(=O)O)c2c(C(=O)O)n(C)c3ccccc23)CC1.